The Labute approximate surface area is 230 Å². The van der Waals surface area contributed by atoms with E-state index in [1.807, 2.05) is 6.92 Å². The van der Waals surface area contributed by atoms with Crippen molar-refractivity contribution >= 4 is 39.1 Å². The maximum absolute atomic E-state index is 13.6. The number of aryl methyl sites for hydroxylation is 1. The number of benzene rings is 1. The highest BCUT2D eigenvalue weighted by Gasteiger charge is 2.45. The van der Waals surface area contributed by atoms with Crippen molar-refractivity contribution in [3.63, 3.8) is 0 Å². The number of aliphatic hydroxyl groups is 1. The number of amides is 1. The highest BCUT2D eigenvalue weighted by atomic mass is 32.2. The molecule has 39 heavy (non-hydrogen) atoms. The molecule has 0 atom stereocenters. The second kappa shape index (κ2) is 9.92. The van der Waals surface area contributed by atoms with E-state index >= 15 is 0 Å². The SMILES string of the molecule is Cc1cc(NC(=O)c2ccc(NS(=O)(=O)CCO)cc2N2CCC3(CC2)CC3)nc(N2CCC3(CC2)CC3)n1. The quantitative estimate of drug-likeness (QED) is 0.452. The molecule has 210 valence electrons. The van der Waals surface area contributed by atoms with E-state index in [2.05, 4.69) is 24.8 Å². The third-order valence-electron chi connectivity index (χ3n) is 9.15. The van der Waals surface area contributed by atoms with Gasteiger partial charge in [0.2, 0.25) is 16.0 Å². The van der Waals surface area contributed by atoms with Crippen LogP contribution in [0.15, 0.2) is 24.3 Å². The predicted molar refractivity (Wildman–Crippen MR) is 152 cm³/mol. The Morgan fingerprint density at radius 3 is 2.13 bits per heavy atom. The summed E-state index contributed by atoms with van der Waals surface area (Å²) in [6, 6.07) is 6.77. The second-order valence-electron chi connectivity index (χ2n) is 12.0. The molecule has 1 amide bonds. The lowest BCUT2D eigenvalue weighted by Crippen LogP contribution is -2.36. The van der Waals surface area contributed by atoms with Crippen LogP contribution in [-0.4, -0.2) is 67.9 Å². The Morgan fingerprint density at radius 2 is 1.54 bits per heavy atom. The molecule has 3 heterocycles. The normalized spacial score (nSPS) is 21.2. The largest absolute Gasteiger partial charge is 0.395 e. The lowest BCUT2D eigenvalue weighted by Gasteiger charge is -2.35. The molecule has 2 saturated carbocycles. The lowest BCUT2D eigenvalue weighted by molar-refractivity contribution is 0.102. The van der Waals surface area contributed by atoms with Gasteiger partial charge in [-0.1, -0.05) is 0 Å². The van der Waals surface area contributed by atoms with Crippen LogP contribution < -0.4 is 19.8 Å². The molecule has 2 aromatic rings. The minimum atomic E-state index is -3.69. The Balaban J connectivity index is 1.23. The zero-order valence-electron chi connectivity index (χ0n) is 22.6. The van der Waals surface area contributed by atoms with E-state index in [0.29, 0.717) is 39.5 Å². The topological polar surface area (TPSA) is 128 Å². The first-order valence-electron chi connectivity index (χ1n) is 14.1. The van der Waals surface area contributed by atoms with Crippen molar-refractivity contribution in [2.45, 2.75) is 58.3 Å². The fourth-order valence-corrected chi connectivity index (χ4v) is 6.93. The van der Waals surface area contributed by atoms with E-state index in [0.717, 1.165) is 44.7 Å². The first-order chi connectivity index (χ1) is 18.7. The molecule has 2 saturated heterocycles. The van der Waals surface area contributed by atoms with E-state index in [4.69, 9.17) is 10.1 Å². The van der Waals surface area contributed by atoms with Crippen molar-refractivity contribution in [2.24, 2.45) is 10.8 Å². The summed E-state index contributed by atoms with van der Waals surface area (Å²) in [6.07, 6.45) is 9.67. The van der Waals surface area contributed by atoms with Crippen molar-refractivity contribution in [1.82, 2.24) is 9.97 Å². The number of hydrogen-bond donors (Lipinski definition) is 3. The smallest absolute Gasteiger partial charge is 0.258 e. The summed E-state index contributed by atoms with van der Waals surface area (Å²) in [5.41, 5.74) is 3.35. The van der Waals surface area contributed by atoms with Gasteiger partial charge in [0.1, 0.15) is 5.82 Å². The first-order valence-corrected chi connectivity index (χ1v) is 15.7. The van der Waals surface area contributed by atoms with Crippen molar-refractivity contribution in [2.75, 3.05) is 58.4 Å². The van der Waals surface area contributed by atoms with Crippen LogP contribution in [0.5, 0.6) is 0 Å². The first kappa shape index (κ1) is 26.3. The average molecular weight is 555 g/mol. The van der Waals surface area contributed by atoms with Gasteiger partial charge in [-0.2, -0.15) is 4.98 Å². The van der Waals surface area contributed by atoms with Crippen molar-refractivity contribution in [3.05, 3.63) is 35.5 Å². The van der Waals surface area contributed by atoms with Crippen molar-refractivity contribution in [3.8, 4) is 0 Å². The molecular formula is C28H38N6O4S. The minimum absolute atomic E-state index is 0.291. The minimum Gasteiger partial charge on any atom is -0.395 e. The number of piperidine rings is 2. The zero-order valence-corrected chi connectivity index (χ0v) is 23.4. The number of carbonyl (C=O) groups excluding carboxylic acids is 1. The molecule has 2 aliphatic heterocycles. The van der Waals surface area contributed by atoms with Gasteiger partial charge in [0.15, 0.2) is 0 Å². The lowest BCUT2D eigenvalue weighted by atomic mass is 9.93. The van der Waals surface area contributed by atoms with E-state index in [1.165, 1.54) is 38.5 Å². The highest BCUT2D eigenvalue weighted by Crippen LogP contribution is 2.54. The van der Waals surface area contributed by atoms with Gasteiger partial charge in [0, 0.05) is 37.9 Å². The average Bonchev–Trinajstić information content (AvgIpc) is 3.83. The molecule has 0 unspecified atom stereocenters. The number of carbonyl (C=O) groups is 1. The molecule has 2 aliphatic carbocycles. The standard InChI is InChI=1S/C28H38N6O4S/c1-20-18-24(31-26(29-20)34-14-10-28(6-7-28)11-15-34)30-25(36)22-3-2-21(32-39(37,38)17-16-35)19-23(22)33-12-8-27(4-5-27)9-13-33/h2-3,18-19,32,35H,4-17H2,1H3,(H,29,30,31,36). The van der Waals surface area contributed by atoms with Crippen LogP contribution >= 0.6 is 0 Å². The van der Waals surface area contributed by atoms with Gasteiger partial charge >= 0.3 is 0 Å². The monoisotopic (exact) mass is 554 g/mol. The summed E-state index contributed by atoms with van der Waals surface area (Å²) >= 11 is 0. The van der Waals surface area contributed by atoms with Crippen LogP contribution in [0.1, 0.15) is 67.4 Å². The van der Waals surface area contributed by atoms with Gasteiger partial charge in [-0.25, -0.2) is 13.4 Å². The molecule has 4 aliphatic rings. The zero-order chi connectivity index (χ0) is 27.3. The third-order valence-corrected chi connectivity index (χ3v) is 10.4. The molecule has 1 aromatic carbocycles. The Hall–Kier alpha value is -2.92. The van der Waals surface area contributed by atoms with E-state index in [-0.39, 0.29) is 11.7 Å². The fourth-order valence-electron chi connectivity index (χ4n) is 6.10. The van der Waals surface area contributed by atoms with Gasteiger partial charge in [-0.15, -0.1) is 0 Å². The Morgan fingerprint density at radius 1 is 0.923 bits per heavy atom. The number of nitrogens with zero attached hydrogens (tertiary/aromatic N) is 4. The van der Waals surface area contributed by atoms with Gasteiger partial charge in [0.25, 0.3) is 5.91 Å². The van der Waals surface area contributed by atoms with E-state index < -0.39 is 16.6 Å². The number of aliphatic hydroxyl groups excluding tert-OH is 1. The van der Waals surface area contributed by atoms with Crippen LogP contribution in [0.4, 0.5) is 23.1 Å². The van der Waals surface area contributed by atoms with Crippen molar-refractivity contribution in [1.29, 1.82) is 0 Å². The summed E-state index contributed by atoms with van der Waals surface area (Å²) in [5, 5.41) is 12.1. The molecule has 0 radical (unpaired) electrons. The summed E-state index contributed by atoms with van der Waals surface area (Å²) in [7, 11) is -3.69. The van der Waals surface area contributed by atoms with Crippen LogP contribution in [-0.2, 0) is 10.0 Å². The van der Waals surface area contributed by atoms with E-state index in [9.17, 15) is 13.2 Å². The summed E-state index contributed by atoms with van der Waals surface area (Å²) in [6.45, 7) is 4.96. The molecule has 3 N–H and O–H groups in total. The number of sulfonamides is 1. The van der Waals surface area contributed by atoms with Gasteiger partial charge in [-0.3, -0.25) is 9.52 Å². The predicted octanol–water partition coefficient (Wildman–Crippen LogP) is 3.53. The van der Waals surface area contributed by atoms with Crippen LogP contribution in [0.25, 0.3) is 0 Å². The van der Waals surface area contributed by atoms with Crippen LogP contribution in [0.3, 0.4) is 0 Å². The van der Waals surface area contributed by atoms with Crippen LogP contribution in [0, 0.1) is 17.8 Å². The maximum Gasteiger partial charge on any atom is 0.258 e. The summed E-state index contributed by atoms with van der Waals surface area (Å²) < 4.78 is 27.1. The highest BCUT2D eigenvalue weighted by molar-refractivity contribution is 7.92. The summed E-state index contributed by atoms with van der Waals surface area (Å²) in [4.78, 5) is 27.4. The molecule has 6 rings (SSSR count). The number of anilines is 4. The molecule has 11 heteroatoms. The number of hydrogen-bond acceptors (Lipinski definition) is 8. The molecular weight excluding hydrogens is 516 g/mol. The van der Waals surface area contributed by atoms with Crippen LogP contribution in [0.2, 0.25) is 0 Å². The maximum atomic E-state index is 13.6. The molecule has 1 aromatic heterocycles. The molecule has 0 bridgehead atoms. The summed E-state index contributed by atoms with van der Waals surface area (Å²) in [5.74, 6) is 0.439. The van der Waals surface area contributed by atoms with Gasteiger partial charge in [0.05, 0.1) is 29.3 Å². The fraction of sp³-hybridized carbons (Fsp3) is 0.607. The van der Waals surface area contributed by atoms with Gasteiger partial charge < -0.3 is 20.2 Å². The van der Waals surface area contributed by atoms with E-state index in [1.54, 1.807) is 24.3 Å². The molecule has 10 nitrogen and oxygen atoms in total. The number of rotatable bonds is 8. The number of nitrogens with one attached hydrogen (secondary N) is 2. The third kappa shape index (κ3) is 5.84. The molecule has 4 fully saturated rings. The van der Waals surface area contributed by atoms with Crippen molar-refractivity contribution < 1.29 is 18.3 Å². The second-order valence-corrected chi connectivity index (χ2v) is 13.8. The number of aromatic nitrogens is 2. The Bertz CT molecular complexity index is 1350. The van der Waals surface area contributed by atoms with Gasteiger partial charge in [-0.05, 0) is 87.3 Å². The Kier molecular flexibility index (Phi) is 6.69. The molecule has 2 spiro atoms.